The maximum atomic E-state index is 11.8. The zero-order valence-corrected chi connectivity index (χ0v) is 11.5. The fraction of sp³-hybridized carbons (Fsp3) is 0.357. The predicted octanol–water partition coefficient (Wildman–Crippen LogP) is 1.46. The Hall–Kier alpha value is -1.85. The van der Waals surface area contributed by atoms with E-state index >= 15 is 0 Å². The second kappa shape index (κ2) is 5.42. The number of H-pyrrole nitrogens is 1. The molecular formula is C14H20N4O. The Morgan fingerprint density at radius 3 is 2.79 bits per heavy atom. The van der Waals surface area contributed by atoms with Gasteiger partial charge in [0.05, 0.1) is 0 Å². The number of benzene rings is 1. The minimum atomic E-state index is -0.309. The standard InChI is InChI=1S/C14H20N4O/c1-9-14(10-6-4-5-7-12(10)16-9)11(15)8-13(19)17-18(2)3/h4-7,11,16H,8,15H2,1-3H3,(H,17,19). The minimum absolute atomic E-state index is 0.0813. The number of carbonyl (C=O) groups excluding carboxylic acids is 1. The van der Waals surface area contributed by atoms with E-state index in [1.54, 1.807) is 19.1 Å². The van der Waals surface area contributed by atoms with Gasteiger partial charge in [0.2, 0.25) is 5.91 Å². The number of nitrogens with zero attached hydrogens (tertiary/aromatic N) is 1. The van der Waals surface area contributed by atoms with Crippen molar-refractivity contribution in [2.75, 3.05) is 14.1 Å². The van der Waals surface area contributed by atoms with Crippen LogP contribution in [-0.4, -0.2) is 30.0 Å². The first-order valence-electron chi connectivity index (χ1n) is 6.28. The molecule has 0 aliphatic heterocycles. The van der Waals surface area contributed by atoms with E-state index in [2.05, 4.69) is 10.4 Å². The van der Waals surface area contributed by atoms with Gasteiger partial charge in [-0.25, -0.2) is 5.01 Å². The molecule has 2 aromatic rings. The molecule has 19 heavy (non-hydrogen) atoms. The number of aromatic nitrogens is 1. The first-order chi connectivity index (χ1) is 8.99. The average molecular weight is 260 g/mol. The summed E-state index contributed by atoms with van der Waals surface area (Å²) in [6, 6.07) is 7.69. The molecule has 0 saturated carbocycles. The molecule has 1 aromatic heterocycles. The van der Waals surface area contributed by atoms with Gasteiger partial charge in [-0.15, -0.1) is 0 Å². The smallest absolute Gasteiger partial charge is 0.236 e. The summed E-state index contributed by atoms with van der Waals surface area (Å²) in [6.45, 7) is 1.99. The average Bonchev–Trinajstić information content (AvgIpc) is 2.63. The van der Waals surface area contributed by atoms with Gasteiger partial charge in [-0.2, -0.15) is 0 Å². The van der Waals surface area contributed by atoms with Gasteiger partial charge < -0.3 is 10.7 Å². The number of hydrogen-bond acceptors (Lipinski definition) is 3. The fourth-order valence-electron chi connectivity index (χ4n) is 2.37. The number of fused-ring (bicyclic) bond motifs is 1. The van der Waals surface area contributed by atoms with Crippen LogP contribution in [0, 0.1) is 6.92 Å². The molecule has 1 aromatic carbocycles. The Morgan fingerprint density at radius 2 is 2.11 bits per heavy atom. The number of aromatic amines is 1. The number of amides is 1. The third-order valence-electron chi connectivity index (χ3n) is 3.07. The summed E-state index contributed by atoms with van der Waals surface area (Å²) >= 11 is 0. The van der Waals surface area contributed by atoms with Crippen molar-refractivity contribution in [3.8, 4) is 0 Å². The van der Waals surface area contributed by atoms with Crippen LogP contribution >= 0.6 is 0 Å². The Labute approximate surface area is 112 Å². The second-order valence-electron chi connectivity index (χ2n) is 4.95. The summed E-state index contributed by atoms with van der Waals surface area (Å²) in [7, 11) is 3.56. The molecule has 1 heterocycles. The van der Waals surface area contributed by atoms with E-state index in [0.717, 1.165) is 22.2 Å². The topological polar surface area (TPSA) is 74.1 Å². The SMILES string of the molecule is Cc1[nH]c2ccccc2c1C(N)CC(=O)NN(C)C. The summed E-state index contributed by atoms with van der Waals surface area (Å²) in [5, 5.41) is 2.71. The number of rotatable bonds is 4. The van der Waals surface area contributed by atoms with Crippen LogP contribution in [-0.2, 0) is 4.79 Å². The van der Waals surface area contributed by atoms with E-state index in [9.17, 15) is 4.79 Å². The minimum Gasteiger partial charge on any atom is -0.358 e. The quantitative estimate of drug-likeness (QED) is 0.729. The van der Waals surface area contributed by atoms with Crippen LogP contribution < -0.4 is 11.2 Å². The molecule has 4 N–H and O–H groups in total. The summed E-state index contributed by atoms with van der Waals surface area (Å²) < 4.78 is 0. The lowest BCUT2D eigenvalue weighted by Gasteiger charge is -2.15. The Kier molecular flexibility index (Phi) is 3.87. The fourth-order valence-corrected chi connectivity index (χ4v) is 2.37. The Morgan fingerprint density at radius 1 is 1.42 bits per heavy atom. The van der Waals surface area contributed by atoms with Crippen LogP contribution in [0.3, 0.4) is 0 Å². The maximum Gasteiger partial charge on any atom is 0.236 e. The van der Waals surface area contributed by atoms with Gasteiger partial charge >= 0.3 is 0 Å². The number of hydrogen-bond donors (Lipinski definition) is 3. The highest BCUT2D eigenvalue weighted by molar-refractivity contribution is 5.86. The molecule has 102 valence electrons. The highest BCUT2D eigenvalue weighted by atomic mass is 16.2. The normalized spacial score (nSPS) is 12.9. The van der Waals surface area contributed by atoms with Crippen molar-refractivity contribution in [1.82, 2.24) is 15.4 Å². The van der Waals surface area contributed by atoms with Crippen molar-refractivity contribution < 1.29 is 4.79 Å². The summed E-state index contributed by atoms with van der Waals surface area (Å²) in [4.78, 5) is 15.1. The van der Waals surface area contributed by atoms with Gasteiger partial charge in [0.25, 0.3) is 0 Å². The van der Waals surface area contributed by atoms with Crippen LogP contribution in [0.15, 0.2) is 24.3 Å². The molecule has 0 fully saturated rings. The Balaban J connectivity index is 2.24. The lowest BCUT2D eigenvalue weighted by Crippen LogP contribution is -2.37. The molecule has 0 spiro atoms. The van der Waals surface area contributed by atoms with Crippen LogP contribution in [0.1, 0.15) is 23.7 Å². The molecular weight excluding hydrogens is 240 g/mol. The monoisotopic (exact) mass is 260 g/mol. The summed E-state index contributed by atoms with van der Waals surface area (Å²) in [6.07, 6.45) is 0.265. The number of para-hydroxylation sites is 1. The largest absolute Gasteiger partial charge is 0.358 e. The van der Waals surface area contributed by atoms with E-state index in [1.165, 1.54) is 0 Å². The molecule has 0 saturated heterocycles. The van der Waals surface area contributed by atoms with Crippen molar-refractivity contribution in [2.45, 2.75) is 19.4 Å². The molecule has 1 amide bonds. The van der Waals surface area contributed by atoms with Crippen LogP contribution in [0.5, 0.6) is 0 Å². The van der Waals surface area contributed by atoms with Crippen LogP contribution in [0.4, 0.5) is 0 Å². The van der Waals surface area contributed by atoms with Crippen molar-refractivity contribution >= 4 is 16.8 Å². The highest BCUT2D eigenvalue weighted by Gasteiger charge is 2.18. The molecule has 0 aliphatic rings. The van der Waals surface area contributed by atoms with E-state index < -0.39 is 0 Å². The third kappa shape index (κ3) is 2.94. The van der Waals surface area contributed by atoms with Gasteiger partial charge in [0.15, 0.2) is 0 Å². The van der Waals surface area contributed by atoms with E-state index in [-0.39, 0.29) is 18.4 Å². The number of hydrazine groups is 1. The van der Waals surface area contributed by atoms with Crippen molar-refractivity contribution in [3.05, 3.63) is 35.5 Å². The zero-order chi connectivity index (χ0) is 14.0. The number of carbonyl (C=O) groups is 1. The van der Waals surface area contributed by atoms with Gasteiger partial charge in [0, 0.05) is 43.2 Å². The van der Waals surface area contributed by atoms with Crippen molar-refractivity contribution in [1.29, 1.82) is 0 Å². The molecule has 5 nitrogen and oxygen atoms in total. The predicted molar refractivity (Wildman–Crippen MR) is 76.4 cm³/mol. The number of aryl methyl sites for hydroxylation is 1. The third-order valence-corrected chi connectivity index (χ3v) is 3.07. The summed E-state index contributed by atoms with van der Waals surface area (Å²) in [5.74, 6) is -0.0813. The summed E-state index contributed by atoms with van der Waals surface area (Å²) in [5.41, 5.74) is 12.0. The van der Waals surface area contributed by atoms with Crippen molar-refractivity contribution in [3.63, 3.8) is 0 Å². The van der Waals surface area contributed by atoms with Crippen LogP contribution in [0.25, 0.3) is 10.9 Å². The lowest BCUT2D eigenvalue weighted by molar-refractivity contribution is -0.125. The molecule has 1 unspecified atom stereocenters. The molecule has 1 atom stereocenters. The van der Waals surface area contributed by atoms with Gasteiger partial charge in [0.1, 0.15) is 0 Å². The maximum absolute atomic E-state index is 11.8. The first kappa shape index (κ1) is 13.6. The van der Waals surface area contributed by atoms with Crippen molar-refractivity contribution in [2.24, 2.45) is 5.73 Å². The second-order valence-corrected chi connectivity index (χ2v) is 4.95. The highest BCUT2D eigenvalue weighted by Crippen LogP contribution is 2.27. The molecule has 5 heteroatoms. The Bertz CT molecular complexity index is 588. The number of nitrogens with one attached hydrogen (secondary N) is 2. The van der Waals surface area contributed by atoms with Gasteiger partial charge in [-0.05, 0) is 18.6 Å². The van der Waals surface area contributed by atoms with Gasteiger partial charge in [-0.3, -0.25) is 10.2 Å². The van der Waals surface area contributed by atoms with E-state index in [1.807, 2.05) is 31.2 Å². The van der Waals surface area contributed by atoms with E-state index in [4.69, 9.17) is 5.73 Å². The molecule has 2 rings (SSSR count). The van der Waals surface area contributed by atoms with E-state index in [0.29, 0.717) is 0 Å². The molecule has 0 aliphatic carbocycles. The first-order valence-corrected chi connectivity index (χ1v) is 6.28. The van der Waals surface area contributed by atoms with Crippen LogP contribution in [0.2, 0.25) is 0 Å². The zero-order valence-electron chi connectivity index (χ0n) is 11.5. The molecule has 0 bridgehead atoms. The number of nitrogens with two attached hydrogens (primary N) is 1. The molecule has 0 radical (unpaired) electrons. The lowest BCUT2D eigenvalue weighted by atomic mass is 10.0. The van der Waals surface area contributed by atoms with Gasteiger partial charge in [-0.1, -0.05) is 18.2 Å².